The van der Waals surface area contributed by atoms with Gasteiger partial charge in [-0.15, -0.1) is 0 Å². The van der Waals surface area contributed by atoms with Crippen LogP contribution in [-0.2, 0) is 11.2 Å². The summed E-state index contributed by atoms with van der Waals surface area (Å²) in [5.74, 6) is -0.741. The van der Waals surface area contributed by atoms with Crippen molar-refractivity contribution in [3.63, 3.8) is 0 Å². The van der Waals surface area contributed by atoms with Crippen molar-refractivity contribution in [2.24, 2.45) is 5.41 Å². The Morgan fingerprint density at radius 2 is 2.25 bits per heavy atom. The molecule has 0 spiro atoms. The van der Waals surface area contributed by atoms with Crippen molar-refractivity contribution in [1.82, 2.24) is 4.98 Å². The van der Waals surface area contributed by atoms with Crippen molar-refractivity contribution in [2.45, 2.75) is 33.1 Å². The lowest BCUT2D eigenvalue weighted by Crippen LogP contribution is -2.29. The smallest absolute Gasteiger partial charge is 0.309 e. The molecule has 0 radical (unpaired) electrons. The topological polar surface area (TPSA) is 50.2 Å². The summed E-state index contributed by atoms with van der Waals surface area (Å²) in [5.41, 5.74) is 0.254. The zero-order chi connectivity index (χ0) is 12.2. The third-order valence-corrected chi connectivity index (χ3v) is 3.11. The molecule has 1 atom stereocenters. The molecule has 0 aliphatic carbocycles. The van der Waals surface area contributed by atoms with Gasteiger partial charge >= 0.3 is 5.97 Å². The fraction of sp³-hybridized carbons (Fsp3) is 0.500. The fourth-order valence-electron chi connectivity index (χ4n) is 1.83. The van der Waals surface area contributed by atoms with Gasteiger partial charge in [0.15, 0.2) is 0 Å². The molecule has 0 saturated heterocycles. The van der Waals surface area contributed by atoms with Gasteiger partial charge in [0.1, 0.15) is 0 Å². The summed E-state index contributed by atoms with van der Waals surface area (Å²) < 4.78 is 0.884. The molecule has 1 rings (SSSR count). The van der Waals surface area contributed by atoms with Crippen LogP contribution in [0.25, 0.3) is 0 Å². The lowest BCUT2D eigenvalue weighted by Gasteiger charge is -2.24. The number of pyridine rings is 1. The molecule has 1 aromatic heterocycles. The third-order valence-electron chi connectivity index (χ3n) is 2.67. The van der Waals surface area contributed by atoms with E-state index < -0.39 is 11.4 Å². The van der Waals surface area contributed by atoms with Crippen LogP contribution in [-0.4, -0.2) is 16.1 Å². The minimum atomic E-state index is -0.741. The molecule has 0 saturated carbocycles. The number of hydrogen-bond acceptors (Lipinski definition) is 2. The maximum atomic E-state index is 11.3. The first-order chi connectivity index (χ1) is 7.48. The van der Waals surface area contributed by atoms with Crippen molar-refractivity contribution in [3.8, 4) is 0 Å². The van der Waals surface area contributed by atoms with Crippen LogP contribution in [0.3, 0.4) is 0 Å². The van der Waals surface area contributed by atoms with Gasteiger partial charge in [0.05, 0.1) is 5.41 Å². The minimum Gasteiger partial charge on any atom is -0.481 e. The molecular weight excluding hydrogens is 270 g/mol. The molecule has 0 aliphatic rings. The molecule has 1 unspecified atom stereocenters. The summed E-state index contributed by atoms with van der Waals surface area (Å²) in [6.45, 7) is 3.79. The van der Waals surface area contributed by atoms with E-state index in [0.29, 0.717) is 12.8 Å². The number of carboxylic acid groups (broad SMARTS) is 1. The summed E-state index contributed by atoms with van der Waals surface area (Å²) >= 11 is 3.34. The number of aliphatic carboxylic acids is 1. The summed E-state index contributed by atoms with van der Waals surface area (Å²) in [6, 6.07) is 1.92. The first-order valence-corrected chi connectivity index (χ1v) is 6.10. The van der Waals surface area contributed by atoms with Crippen LogP contribution in [0.15, 0.2) is 22.9 Å². The quantitative estimate of drug-likeness (QED) is 0.903. The molecule has 1 heterocycles. The average Bonchev–Trinajstić information content (AvgIpc) is 2.17. The molecule has 0 amide bonds. The van der Waals surface area contributed by atoms with Gasteiger partial charge in [-0.2, -0.15) is 0 Å². The molecule has 4 heteroatoms. The number of hydrogen-bond donors (Lipinski definition) is 1. The van der Waals surface area contributed by atoms with Crippen molar-refractivity contribution >= 4 is 21.9 Å². The van der Waals surface area contributed by atoms with Gasteiger partial charge in [0.25, 0.3) is 0 Å². The van der Waals surface area contributed by atoms with Crippen LogP contribution in [0.5, 0.6) is 0 Å². The van der Waals surface area contributed by atoms with Crippen molar-refractivity contribution < 1.29 is 9.90 Å². The summed E-state index contributed by atoms with van der Waals surface area (Å²) in [4.78, 5) is 15.3. The molecule has 0 fully saturated rings. The van der Waals surface area contributed by atoms with E-state index in [9.17, 15) is 9.90 Å². The van der Waals surface area contributed by atoms with E-state index in [1.54, 1.807) is 19.3 Å². The highest BCUT2D eigenvalue weighted by Gasteiger charge is 2.32. The Bertz CT molecular complexity index is 381. The lowest BCUT2D eigenvalue weighted by atomic mass is 9.80. The Balaban J connectivity index is 2.87. The van der Waals surface area contributed by atoms with Gasteiger partial charge in [0, 0.05) is 16.9 Å². The van der Waals surface area contributed by atoms with Crippen molar-refractivity contribution in [1.29, 1.82) is 0 Å². The molecule has 16 heavy (non-hydrogen) atoms. The van der Waals surface area contributed by atoms with Gasteiger partial charge < -0.3 is 5.11 Å². The van der Waals surface area contributed by atoms with E-state index in [2.05, 4.69) is 20.9 Å². The molecule has 1 aromatic rings. The van der Waals surface area contributed by atoms with Crippen LogP contribution in [0.4, 0.5) is 0 Å². The molecule has 1 N–H and O–H groups in total. The molecule has 88 valence electrons. The number of carbonyl (C=O) groups is 1. The maximum absolute atomic E-state index is 11.3. The number of nitrogens with zero attached hydrogens (tertiary/aromatic N) is 1. The highest BCUT2D eigenvalue weighted by atomic mass is 79.9. The van der Waals surface area contributed by atoms with E-state index in [-0.39, 0.29) is 0 Å². The predicted octanol–water partition coefficient (Wildman–Crippen LogP) is 3.28. The van der Waals surface area contributed by atoms with E-state index in [0.717, 1.165) is 16.5 Å². The molecule has 3 nitrogen and oxygen atoms in total. The van der Waals surface area contributed by atoms with E-state index >= 15 is 0 Å². The SMILES string of the molecule is CCCC(C)(Cc1cncc(Br)c1)C(=O)O. The Labute approximate surface area is 104 Å². The number of rotatable bonds is 5. The zero-order valence-electron chi connectivity index (χ0n) is 9.53. The van der Waals surface area contributed by atoms with Crippen LogP contribution in [0.1, 0.15) is 32.3 Å². The average molecular weight is 286 g/mol. The minimum absolute atomic E-state index is 0.516. The van der Waals surface area contributed by atoms with Gasteiger partial charge in [-0.3, -0.25) is 9.78 Å². The highest BCUT2D eigenvalue weighted by Crippen LogP contribution is 2.29. The van der Waals surface area contributed by atoms with Crippen LogP contribution < -0.4 is 0 Å². The number of carboxylic acids is 1. The maximum Gasteiger partial charge on any atom is 0.309 e. The normalized spacial score (nSPS) is 14.4. The van der Waals surface area contributed by atoms with E-state index in [1.165, 1.54) is 0 Å². The molecular formula is C12H16BrNO2. The fourth-order valence-corrected chi connectivity index (χ4v) is 2.24. The molecule has 0 aliphatic heterocycles. The lowest BCUT2D eigenvalue weighted by molar-refractivity contribution is -0.148. The zero-order valence-corrected chi connectivity index (χ0v) is 11.1. The predicted molar refractivity (Wildman–Crippen MR) is 66.3 cm³/mol. The van der Waals surface area contributed by atoms with Gasteiger partial charge in [-0.05, 0) is 47.3 Å². The van der Waals surface area contributed by atoms with Gasteiger partial charge in [-0.25, -0.2) is 0 Å². The molecule has 0 bridgehead atoms. The standard InChI is InChI=1S/C12H16BrNO2/c1-3-4-12(2,11(15)16)6-9-5-10(13)8-14-7-9/h5,7-8H,3-4,6H2,1-2H3,(H,15,16). The first-order valence-electron chi connectivity index (χ1n) is 5.31. The van der Waals surface area contributed by atoms with E-state index in [4.69, 9.17) is 0 Å². The summed E-state index contributed by atoms with van der Waals surface area (Å²) in [7, 11) is 0. The van der Waals surface area contributed by atoms with Gasteiger partial charge in [-0.1, -0.05) is 13.3 Å². The second kappa shape index (κ2) is 5.43. The highest BCUT2D eigenvalue weighted by molar-refractivity contribution is 9.10. The third kappa shape index (κ3) is 3.30. The monoisotopic (exact) mass is 285 g/mol. The van der Waals surface area contributed by atoms with Crippen LogP contribution in [0, 0.1) is 5.41 Å². The number of aromatic nitrogens is 1. The largest absolute Gasteiger partial charge is 0.481 e. The van der Waals surface area contributed by atoms with Crippen LogP contribution >= 0.6 is 15.9 Å². The Morgan fingerprint density at radius 3 is 2.75 bits per heavy atom. The Hall–Kier alpha value is -0.900. The molecule has 0 aromatic carbocycles. The van der Waals surface area contributed by atoms with E-state index in [1.807, 2.05) is 13.0 Å². The van der Waals surface area contributed by atoms with Crippen LogP contribution in [0.2, 0.25) is 0 Å². The Kier molecular flexibility index (Phi) is 4.47. The van der Waals surface area contributed by atoms with Crippen molar-refractivity contribution in [3.05, 3.63) is 28.5 Å². The number of halogens is 1. The van der Waals surface area contributed by atoms with Crippen molar-refractivity contribution in [2.75, 3.05) is 0 Å². The Morgan fingerprint density at radius 1 is 1.56 bits per heavy atom. The second-order valence-corrected chi connectivity index (χ2v) is 5.22. The second-order valence-electron chi connectivity index (χ2n) is 4.30. The summed E-state index contributed by atoms with van der Waals surface area (Å²) in [5, 5.41) is 9.26. The first kappa shape index (κ1) is 13.2. The van der Waals surface area contributed by atoms with Gasteiger partial charge in [0.2, 0.25) is 0 Å². The summed E-state index contributed by atoms with van der Waals surface area (Å²) in [6.07, 6.45) is 5.48.